The molecule has 0 radical (unpaired) electrons. The molecule has 0 unspecified atom stereocenters. The van der Waals surface area contributed by atoms with Gasteiger partial charge in [-0.15, -0.1) is 0 Å². The molecule has 13 atom stereocenters. The van der Waals surface area contributed by atoms with Gasteiger partial charge < -0.3 is 60.2 Å². The Morgan fingerprint density at radius 3 is 2.09 bits per heavy atom. The number of Topliss-reactive ketones (excluding diaryl/α,β-unsaturated/α-hetero) is 1. The number of aliphatic hydroxyl groups is 1. The molecule has 4 aliphatic heterocycles. The van der Waals surface area contributed by atoms with Crippen molar-refractivity contribution in [2.24, 2.45) is 29.6 Å². The Kier molecular flexibility index (Phi) is 23.8. The van der Waals surface area contributed by atoms with E-state index in [0.717, 1.165) is 0 Å². The van der Waals surface area contributed by atoms with Crippen molar-refractivity contribution >= 4 is 65.0 Å². The van der Waals surface area contributed by atoms with Crippen molar-refractivity contribution in [3.63, 3.8) is 0 Å². The molecule has 1 aromatic carbocycles. The van der Waals surface area contributed by atoms with Crippen molar-refractivity contribution in [1.82, 2.24) is 40.9 Å². The van der Waals surface area contributed by atoms with Crippen molar-refractivity contribution in [1.29, 1.82) is 0 Å². The monoisotopic (exact) mass is 1150 g/mol. The number of nitrogens with zero attached hydrogens (tertiary/aromatic N) is 4. The van der Waals surface area contributed by atoms with E-state index in [1.54, 1.807) is 52.0 Å². The third-order valence-corrected chi connectivity index (χ3v) is 16.4. The number of fused-ring (bicyclic) bond motifs is 1. The first kappa shape index (κ1) is 66.2. The highest BCUT2D eigenvalue weighted by Gasteiger charge is 2.46. The second-order valence-corrected chi connectivity index (χ2v) is 23.9. The average molecular weight is 1150 g/mol. The number of methoxy groups -OCH3 is 1. The highest BCUT2D eigenvalue weighted by Crippen LogP contribution is 2.28. The number of likely N-dealkylation sites (N-methyl/N-ethyl adjacent to an activating group) is 2. The minimum Gasteiger partial charge on any atom is -0.497 e. The minimum absolute atomic E-state index is 0.0743. The highest BCUT2D eigenvalue weighted by atomic mass is 16.6. The normalized spacial score (nSPS) is 28.5. The second-order valence-electron chi connectivity index (χ2n) is 23.9. The quantitative estimate of drug-likeness (QED) is 0.124. The zero-order valence-electron chi connectivity index (χ0n) is 50.2. The van der Waals surface area contributed by atoms with E-state index in [9.17, 15) is 48.3 Å². The van der Waals surface area contributed by atoms with Crippen LogP contribution in [0.15, 0.2) is 24.3 Å². The summed E-state index contributed by atoms with van der Waals surface area (Å²) in [5, 5.41) is 22.9. The number of rotatable bonds is 15. The zero-order valence-corrected chi connectivity index (χ0v) is 50.2. The van der Waals surface area contributed by atoms with Crippen molar-refractivity contribution < 1.29 is 72.1 Å². The van der Waals surface area contributed by atoms with Crippen LogP contribution in [0.3, 0.4) is 0 Å². The summed E-state index contributed by atoms with van der Waals surface area (Å²) in [6.07, 6.45) is -3.14. The van der Waals surface area contributed by atoms with Gasteiger partial charge in [-0.2, -0.15) is 0 Å². The van der Waals surface area contributed by atoms with Gasteiger partial charge in [0, 0.05) is 40.0 Å². The summed E-state index contributed by atoms with van der Waals surface area (Å²) in [7, 11) is 4.32. The summed E-state index contributed by atoms with van der Waals surface area (Å²) in [6.45, 7) is 17.2. The number of nitrogens with one attached hydrogen (secondary N) is 4. The van der Waals surface area contributed by atoms with E-state index in [2.05, 4.69) is 21.3 Å². The van der Waals surface area contributed by atoms with Crippen LogP contribution < -0.4 is 26.0 Å². The van der Waals surface area contributed by atoms with Crippen LogP contribution in [-0.4, -0.2) is 191 Å². The van der Waals surface area contributed by atoms with E-state index < -0.39 is 150 Å². The van der Waals surface area contributed by atoms with Crippen LogP contribution in [-0.2, 0) is 68.6 Å². The van der Waals surface area contributed by atoms with Gasteiger partial charge in [0.25, 0.3) is 0 Å². The molecule has 4 fully saturated rings. The van der Waals surface area contributed by atoms with Gasteiger partial charge in [-0.25, -0.2) is 4.79 Å². The smallest absolute Gasteiger partial charge is 0.329 e. The van der Waals surface area contributed by atoms with Crippen LogP contribution >= 0.6 is 0 Å². The number of carbonyl (C=O) groups excluding carboxylic acids is 11. The van der Waals surface area contributed by atoms with Crippen LogP contribution in [0.2, 0.25) is 0 Å². The van der Waals surface area contributed by atoms with Crippen molar-refractivity contribution in [2.75, 3.05) is 34.3 Å². The Morgan fingerprint density at radius 2 is 1.50 bits per heavy atom. The molecule has 23 heteroatoms. The first-order valence-corrected chi connectivity index (χ1v) is 29.2. The summed E-state index contributed by atoms with van der Waals surface area (Å²) >= 11 is 0. The molecule has 456 valence electrons. The lowest BCUT2D eigenvalue weighted by molar-refractivity contribution is -0.163. The first-order chi connectivity index (χ1) is 38.6. The van der Waals surface area contributed by atoms with E-state index in [0.29, 0.717) is 37.0 Å². The van der Waals surface area contributed by atoms with Gasteiger partial charge in [0.15, 0.2) is 11.9 Å². The predicted octanol–water partition coefficient (Wildman–Crippen LogP) is 2.21. The lowest BCUT2D eigenvalue weighted by atomic mass is 9.91. The molecule has 4 saturated heterocycles. The van der Waals surface area contributed by atoms with Crippen molar-refractivity contribution in [2.45, 2.75) is 207 Å². The Morgan fingerprint density at radius 1 is 0.841 bits per heavy atom. The maximum absolute atomic E-state index is 15.1. The van der Waals surface area contributed by atoms with Gasteiger partial charge in [-0.1, -0.05) is 73.9 Å². The number of cyclic esters (lactones) is 2. The van der Waals surface area contributed by atoms with Gasteiger partial charge in [0.1, 0.15) is 54.1 Å². The molecule has 0 aliphatic carbocycles. The van der Waals surface area contributed by atoms with E-state index >= 15 is 9.59 Å². The first-order valence-electron chi connectivity index (χ1n) is 29.2. The van der Waals surface area contributed by atoms with Crippen molar-refractivity contribution in [3.05, 3.63) is 29.8 Å². The molecule has 5 N–H and O–H groups in total. The van der Waals surface area contributed by atoms with E-state index in [4.69, 9.17) is 14.2 Å². The average Bonchev–Trinajstić information content (AvgIpc) is 4.29. The molecule has 0 spiro atoms. The molecule has 4 aliphatic rings. The molecule has 5 rings (SSSR count). The minimum atomic E-state index is -1.77. The zero-order chi connectivity index (χ0) is 61.0. The fraction of sp³-hybridized carbons (Fsp3) is 0.712. The summed E-state index contributed by atoms with van der Waals surface area (Å²) in [5.41, 5.74) is 0.570. The SMILES string of the molecule is CC[C@H](C)[C@@H]1NC(=O)[C@@H](NC(=O)[C@@H](CC(C)C)N(C)C(=O)[C@@H]2CCCN2C(=O)[C@@H]2CCC(=O)N2)[C@@H](C)OC(=O)[C@H](Cc2ccc(OC)cc2)N(C)C(=O)[C@@H]2CCCN2C(=O)[C@H](CC(C)C)NC(=O)[C@@H](C)C(=O)[C@H](C(C)C)OC(=O)C[C@@H]1O. The second kappa shape index (κ2) is 29.5. The molecule has 4 heterocycles. The molecule has 0 aromatic heterocycles. The Hall–Kier alpha value is -6.65. The third kappa shape index (κ3) is 16.5. The maximum Gasteiger partial charge on any atom is 0.329 e. The molecular weight excluding hydrogens is 1060 g/mol. The Balaban J connectivity index is 1.60. The Labute approximate surface area is 482 Å². The summed E-state index contributed by atoms with van der Waals surface area (Å²) in [6, 6.07) is -2.95. The lowest BCUT2D eigenvalue weighted by Gasteiger charge is -2.36. The number of amides is 8. The molecule has 0 saturated carbocycles. The van der Waals surface area contributed by atoms with Gasteiger partial charge in [-0.05, 0) is 100 Å². The molecular formula is C59H90N8O15. The number of esters is 2. The number of ether oxygens (including phenoxy) is 3. The number of aliphatic hydroxyl groups excluding tert-OH is 1. The standard InChI is InChI=1S/C59H90N8O15/c1-14-34(8)48-45(68)30-47(70)82-51(33(6)7)50(71)35(9)52(72)61-40(27-31(2)3)56(76)67-26-16-18-42(67)58(78)65(12)44(29-37-19-21-38(80-13)22-20-37)59(79)81-36(10)49(54(74)62-48)63-53(73)43(28-32(4)5)64(11)57(77)41-17-15-25-66(41)55(75)39-23-24-46(69)60-39/h19-22,31-36,39-45,48-49,51,68H,14-18,23-30H2,1-13H3,(H,60,69)(H,61,72)(H,62,74)(H,63,73)/t34-,35-,36+,39-,40-,41-,42-,43+,44-,45-,48-,49-,51-/m0/s1. The molecule has 82 heavy (non-hydrogen) atoms. The summed E-state index contributed by atoms with van der Waals surface area (Å²) in [5.74, 6) is -10.3. The van der Waals surface area contributed by atoms with Crippen LogP contribution in [0.5, 0.6) is 5.75 Å². The van der Waals surface area contributed by atoms with E-state index in [1.165, 1.54) is 54.7 Å². The molecule has 1 aromatic rings. The molecule has 0 bridgehead atoms. The van der Waals surface area contributed by atoms with Crippen LogP contribution in [0.1, 0.15) is 139 Å². The summed E-state index contributed by atoms with van der Waals surface area (Å²) < 4.78 is 17.3. The van der Waals surface area contributed by atoms with Gasteiger partial charge >= 0.3 is 11.9 Å². The van der Waals surface area contributed by atoms with Crippen LogP contribution in [0, 0.1) is 29.6 Å². The highest BCUT2D eigenvalue weighted by molar-refractivity contribution is 6.05. The molecule has 23 nitrogen and oxygen atoms in total. The number of hydrogen-bond acceptors (Lipinski definition) is 15. The predicted molar refractivity (Wildman–Crippen MR) is 300 cm³/mol. The lowest BCUT2D eigenvalue weighted by Crippen LogP contribution is -2.62. The van der Waals surface area contributed by atoms with Gasteiger partial charge in [-0.3, -0.25) is 47.9 Å². The van der Waals surface area contributed by atoms with Gasteiger partial charge in [0.05, 0.1) is 31.6 Å². The van der Waals surface area contributed by atoms with Gasteiger partial charge in [0.2, 0.25) is 47.3 Å². The fourth-order valence-electron chi connectivity index (χ4n) is 11.3. The van der Waals surface area contributed by atoms with Crippen molar-refractivity contribution in [3.8, 4) is 5.75 Å². The maximum atomic E-state index is 15.1. The largest absolute Gasteiger partial charge is 0.497 e. The van der Waals surface area contributed by atoms with E-state index in [1.807, 2.05) is 27.7 Å². The summed E-state index contributed by atoms with van der Waals surface area (Å²) in [4.78, 5) is 162. The number of hydrogen-bond donors (Lipinski definition) is 5. The fourth-order valence-corrected chi connectivity index (χ4v) is 11.3. The molecule has 8 amide bonds. The third-order valence-electron chi connectivity index (χ3n) is 16.4. The van der Waals surface area contributed by atoms with Crippen LogP contribution in [0.25, 0.3) is 0 Å². The number of ketones is 1. The number of carbonyl (C=O) groups is 11. The number of likely N-dealkylation sites (tertiary alicyclic amines) is 1. The number of benzene rings is 1. The van der Waals surface area contributed by atoms with E-state index in [-0.39, 0.29) is 69.4 Å². The Bertz CT molecular complexity index is 2490. The topological polar surface area (TPSA) is 297 Å². The van der Waals surface area contributed by atoms with Crippen LogP contribution in [0.4, 0.5) is 0 Å².